The van der Waals surface area contributed by atoms with Gasteiger partial charge in [-0.25, -0.2) is 14.6 Å². The van der Waals surface area contributed by atoms with E-state index >= 15 is 0 Å². The summed E-state index contributed by atoms with van der Waals surface area (Å²) < 4.78 is 5.67. The van der Waals surface area contributed by atoms with E-state index in [-0.39, 0.29) is 21.8 Å². The molecule has 0 spiro atoms. The summed E-state index contributed by atoms with van der Waals surface area (Å²) in [5, 5.41) is 13.5. The molecule has 2 aromatic heterocycles. The number of aromatic amines is 1. The molecule has 0 fully saturated rings. The maximum Gasteiger partial charge on any atom is 0.350 e. The number of nitrogens with one attached hydrogen (secondary N) is 1. The Balaban J connectivity index is 1.83. The molecule has 0 saturated carbocycles. The third-order valence-electron chi connectivity index (χ3n) is 3.29. The molecule has 3 rings (SSSR count). The second kappa shape index (κ2) is 6.96. The summed E-state index contributed by atoms with van der Waals surface area (Å²) in [6.07, 6.45) is 1.29. The SMILES string of the molecule is COC(=O)c1ccc(CSc2nc3c(C#N)cnn3c(=O)[nH]2)cc1Cl. The molecule has 8 nitrogen and oxygen atoms in total. The second-order valence-corrected chi connectivity index (χ2v) is 6.22. The van der Waals surface area contributed by atoms with E-state index in [4.69, 9.17) is 16.9 Å². The average Bonchev–Trinajstić information content (AvgIpc) is 3.03. The standard InChI is InChI=1S/C15H10ClN5O3S/c1-24-13(22)10-3-2-8(4-11(10)16)7-25-14-19-12-9(5-17)6-18-21(12)15(23)20-14/h2-4,6H,7H2,1H3,(H,19,20,23). The molecular weight excluding hydrogens is 366 g/mol. The molecule has 3 aromatic rings. The Morgan fingerprint density at radius 1 is 1.52 bits per heavy atom. The zero-order valence-corrected chi connectivity index (χ0v) is 14.4. The van der Waals surface area contributed by atoms with E-state index in [0.717, 1.165) is 10.1 Å². The fourth-order valence-electron chi connectivity index (χ4n) is 2.09. The molecule has 1 N–H and O–H groups in total. The molecule has 0 aliphatic heterocycles. The summed E-state index contributed by atoms with van der Waals surface area (Å²) in [6.45, 7) is 0. The number of nitrogens with zero attached hydrogens (tertiary/aromatic N) is 4. The zero-order chi connectivity index (χ0) is 18.0. The monoisotopic (exact) mass is 375 g/mol. The minimum absolute atomic E-state index is 0.202. The van der Waals surface area contributed by atoms with Crippen LogP contribution in [0.4, 0.5) is 0 Å². The lowest BCUT2D eigenvalue weighted by atomic mass is 10.1. The smallest absolute Gasteiger partial charge is 0.350 e. The number of carbonyl (C=O) groups is 1. The van der Waals surface area contributed by atoms with Gasteiger partial charge in [0.25, 0.3) is 0 Å². The molecule has 126 valence electrons. The van der Waals surface area contributed by atoms with Crippen LogP contribution in [0.5, 0.6) is 0 Å². The van der Waals surface area contributed by atoms with Gasteiger partial charge in [-0.05, 0) is 17.7 Å². The molecule has 2 heterocycles. The number of thioether (sulfide) groups is 1. The van der Waals surface area contributed by atoms with Crippen LogP contribution < -0.4 is 5.69 Å². The van der Waals surface area contributed by atoms with E-state index in [1.54, 1.807) is 18.2 Å². The number of aromatic nitrogens is 4. The second-order valence-electron chi connectivity index (χ2n) is 4.85. The van der Waals surface area contributed by atoms with Gasteiger partial charge in [-0.1, -0.05) is 29.4 Å². The number of halogens is 1. The predicted octanol–water partition coefficient (Wildman–Crippen LogP) is 2.02. The van der Waals surface area contributed by atoms with Gasteiger partial charge in [0.15, 0.2) is 10.8 Å². The number of hydrogen-bond acceptors (Lipinski definition) is 7. The van der Waals surface area contributed by atoms with Crippen molar-refractivity contribution >= 4 is 35.0 Å². The molecule has 0 aliphatic rings. The van der Waals surface area contributed by atoms with E-state index in [1.807, 2.05) is 6.07 Å². The van der Waals surface area contributed by atoms with Crippen molar-refractivity contribution in [1.82, 2.24) is 19.6 Å². The number of hydrogen-bond donors (Lipinski definition) is 1. The van der Waals surface area contributed by atoms with Crippen LogP contribution in [0.15, 0.2) is 34.3 Å². The number of carbonyl (C=O) groups excluding carboxylic acids is 1. The maximum absolute atomic E-state index is 12.0. The number of methoxy groups -OCH3 is 1. The molecule has 0 unspecified atom stereocenters. The zero-order valence-electron chi connectivity index (χ0n) is 12.8. The van der Waals surface area contributed by atoms with Gasteiger partial charge >= 0.3 is 11.7 Å². The molecule has 0 bridgehead atoms. The molecule has 0 atom stereocenters. The van der Waals surface area contributed by atoms with E-state index in [1.165, 1.54) is 25.1 Å². The van der Waals surface area contributed by atoms with E-state index in [0.29, 0.717) is 10.9 Å². The maximum atomic E-state index is 12.0. The van der Waals surface area contributed by atoms with Crippen LogP contribution in [0.3, 0.4) is 0 Å². The van der Waals surface area contributed by atoms with Crippen LogP contribution in [-0.2, 0) is 10.5 Å². The van der Waals surface area contributed by atoms with Crippen molar-refractivity contribution in [2.75, 3.05) is 7.11 Å². The van der Waals surface area contributed by atoms with Gasteiger partial charge in [0.05, 0.1) is 23.9 Å². The number of H-pyrrole nitrogens is 1. The Hall–Kier alpha value is -2.83. The van der Waals surface area contributed by atoms with Crippen LogP contribution in [0, 0.1) is 11.3 Å². The van der Waals surface area contributed by atoms with Crippen molar-refractivity contribution in [1.29, 1.82) is 5.26 Å². The van der Waals surface area contributed by atoms with Crippen LogP contribution in [-0.4, -0.2) is 32.7 Å². The Morgan fingerprint density at radius 3 is 3.00 bits per heavy atom. The third kappa shape index (κ3) is 3.35. The Morgan fingerprint density at radius 2 is 2.32 bits per heavy atom. The quantitative estimate of drug-likeness (QED) is 0.548. The topological polar surface area (TPSA) is 113 Å². The summed E-state index contributed by atoms with van der Waals surface area (Å²) in [4.78, 5) is 30.3. The number of rotatable bonds is 4. The first-order valence-corrected chi connectivity index (χ1v) is 8.27. The van der Waals surface area contributed by atoms with E-state index in [9.17, 15) is 9.59 Å². The lowest BCUT2D eigenvalue weighted by Crippen LogP contribution is -2.19. The fourth-order valence-corrected chi connectivity index (χ4v) is 3.16. The summed E-state index contributed by atoms with van der Waals surface area (Å²) >= 11 is 7.34. The largest absolute Gasteiger partial charge is 0.465 e. The normalized spacial score (nSPS) is 10.6. The van der Waals surface area contributed by atoms with Crippen LogP contribution >= 0.6 is 23.4 Å². The summed E-state index contributed by atoms with van der Waals surface area (Å²) in [5.41, 5.74) is 1.06. The Kier molecular flexibility index (Phi) is 4.74. The molecular formula is C15H10ClN5O3S. The van der Waals surface area contributed by atoms with Crippen molar-refractivity contribution in [2.45, 2.75) is 10.9 Å². The first-order valence-electron chi connectivity index (χ1n) is 6.91. The van der Waals surface area contributed by atoms with Crippen molar-refractivity contribution in [3.8, 4) is 6.07 Å². The highest BCUT2D eigenvalue weighted by molar-refractivity contribution is 7.98. The van der Waals surface area contributed by atoms with Gasteiger partial charge in [-0.3, -0.25) is 4.98 Å². The molecule has 10 heteroatoms. The van der Waals surface area contributed by atoms with Gasteiger partial charge in [0, 0.05) is 5.75 Å². The summed E-state index contributed by atoms with van der Waals surface area (Å²) in [7, 11) is 1.28. The van der Waals surface area contributed by atoms with Gasteiger partial charge in [0.2, 0.25) is 0 Å². The first kappa shape index (κ1) is 17.0. The molecule has 0 radical (unpaired) electrons. The van der Waals surface area contributed by atoms with E-state index in [2.05, 4.69) is 19.8 Å². The van der Waals surface area contributed by atoms with Crippen molar-refractivity contribution in [2.24, 2.45) is 0 Å². The van der Waals surface area contributed by atoms with Gasteiger partial charge in [-0.2, -0.15) is 14.9 Å². The lowest BCUT2D eigenvalue weighted by Gasteiger charge is -2.06. The minimum atomic E-state index is -0.509. The van der Waals surface area contributed by atoms with Crippen molar-refractivity contribution < 1.29 is 9.53 Å². The third-order valence-corrected chi connectivity index (χ3v) is 4.55. The number of nitriles is 1. The Bertz CT molecular complexity index is 1070. The van der Waals surface area contributed by atoms with Gasteiger partial charge in [-0.15, -0.1) is 0 Å². The van der Waals surface area contributed by atoms with Crippen LogP contribution in [0.25, 0.3) is 5.65 Å². The Labute approximate surface area is 150 Å². The van der Waals surface area contributed by atoms with E-state index < -0.39 is 11.7 Å². The predicted molar refractivity (Wildman–Crippen MR) is 90.7 cm³/mol. The van der Waals surface area contributed by atoms with Crippen molar-refractivity contribution in [3.63, 3.8) is 0 Å². The number of fused-ring (bicyclic) bond motifs is 1. The van der Waals surface area contributed by atoms with Crippen LogP contribution in [0.1, 0.15) is 21.5 Å². The summed E-state index contributed by atoms with van der Waals surface area (Å²) in [5.74, 6) is -0.0542. The highest BCUT2D eigenvalue weighted by Crippen LogP contribution is 2.24. The molecule has 1 aromatic carbocycles. The lowest BCUT2D eigenvalue weighted by molar-refractivity contribution is 0.0601. The minimum Gasteiger partial charge on any atom is -0.465 e. The highest BCUT2D eigenvalue weighted by Gasteiger charge is 2.13. The number of benzene rings is 1. The van der Waals surface area contributed by atoms with Gasteiger partial charge < -0.3 is 4.74 Å². The summed E-state index contributed by atoms with van der Waals surface area (Å²) in [6, 6.07) is 6.90. The molecule has 0 amide bonds. The van der Waals surface area contributed by atoms with Gasteiger partial charge in [0.1, 0.15) is 11.6 Å². The molecule has 0 saturated heterocycles. The molecule has 25 heavy (non-hydrogen) atoms. The van der Waals surface area contributed by atoms with Crippen LogP contribution in [0.2, 0.25) is 5.02 Å². The first-order chi connectivity index (χ1) is 12.0. The fraction of sp³-hybridized carbons (Fsp3) is 0.133. The average molecular weight is 376 g/mol. The molecule has 0 aliphatic carbocycles. The van der Waals surface area contributed by atoms with Crippen molar-refractivity contribution in [3.05, 3.63) is 56.6 Å². The highest BCUT2D eigenvalue weighted by atomic mass is 35.5. The number of esters is 1. The number of ether oxygens (including phenoxy) is 1.